The number of H-pyrrole nitrogens is 1. The first-order valence-corrected chi connectivity index (χ1v) is 5.10. The molecule has 0 spiro atoms. The zero-order chi connectivity index (χ0) is 10.8. The SMILES string of the molecule is Cc1ccc(-c2nc(Cl)c(CN)[nH]2)cc1. The summed E-state index contributed by atoms with van der Waals surface area (Å²) in [6, 6.07) is 8.08. The highest BCUT2D eigenvalue weighted by molar-refractivity contribution is 6.30. The predicted molar refractivity (Wildman–Crippen MR) is 61.7 cm³/mol. The zero-order valence-electron chi connectivity index (χ0n) is 8.42. The molecule has 2 rings (SSSR count). The molecule has 0 aliphatic heterocycles. The second-order valence-electron chi connectivity index (χ2n) is 3.42. The molecule has 1 aromatic heterocycles. The highest BCUT2D eigenvalue weighted by Gasteiger charge is 2.07. The Bertz CT molecular complexity index is 459. The van der Waals surface area contributed by atoms with Gasteiger partial charge in [0.25, 0.3) is 0 Å². The zero-order valence-corrected chi connectivity index (χ0v) is 9.17. The molecule has 0 radical (unpaired) electrons. The highest BCUT2D eigenvalue weighted by atomic mass is 35.5. The number of nitrogens with two attached hydrogens (primary N) is 1. The van der Waals surface area contributed by atoms with Gasteiger partial charge in [-0.1, -0.05) is 41.4 Å². The number of rotatable bonds is 2. The maximum atomic E-state index is 5.90. The molecule has 0 saturated heterocycles. The van der Waals surface area contributed by atoms with E-state index in [1.54, 1.807) is 0 Å². The number of aryl methyl sites for hydroxylation is 1. The Morgan fingerprint density at radius 2 is 2.00 bits per heavy atom. The van der Waals surface area contributed by atoms with E-state index in [0.717, 1.165) is 17.1 Å². The Kier molecular flexibility index (Phi) is 2.75. The molecule has 0 saturated carbocycles. The largest absolute Gasteiger partial charge is 0.339 e. The number of nitrogens with one attached hydrogen (secondary N) is 1. The molecule has 0 aliphatic rings. The Labute approximate surface area is 93.3 Å². The molecule has 0 amide bonds. The second-order valence-corrected chi connectivity index (χ2v) is 3.78. The van der Waals surface area contributed by atoms with Crippen LogP contribution in [0.2, 0.25) is 5.15 Å². The number of nitrogens with zero attached hydrogens (tertiary/aromatic N) is 1. The molecule has 1 heterocycles. The van der Waals surface area contributed by atoms with Crippen molar-refractivity contribution in [3.8, 4) is 11.4 Å². The topological polar surface area (TPSA) is 54.7 Å². The van der Waals surface area contributed by atoms with Gasteiger partial charge in [-0.3, -0.25) is 0 Å². The van der Waals surface area contributed by atoms with Gasteiger partial charge in [-0.2, -0.15) is 0 Å². The van der Waals surface area contributed by atoms with E-state index < -0.39 is 0 Å². The van der Waals surface area contributed by atoms with Crippen LogP contribution >= 0.6 is 11.6 Å². The summed E-state index contributed by atoms with van der Waals surface area (Å²) in [7, 11) is 0. The van der Waals surface area contributed by atoms with Gasteiger partial charge in [-0.15, -0.1) is 0 Å². The monoisotopic (exact) mass is 221 g/mol. The van der Waals surface area contributed by atoms with Crippen molar-refractivity contribution in [3.05, 3.63) is 40.7 Å². The van der Waals surface area contributed by atoms with Crippen molar-refractivity contribution in [2.45, 2.75) is 13.5 Å². The number of aromatic nitrogens is 2. The van der Waals surface area contributed by atoms with E-state index in [2.05, 4.69) is 9.97 Å². The fourth-order valence-corrected chi connectivity index (χ4v) is 1.58. The van der Waals surface area contributed by atoms with Crippen LogP contribution in [0.3, 0.4) is 0 Å². The minimum atomic E-state index is 0.373. The molecule has 78 valence electrons. The molecule has 0 fully saturated rings. The minimum absolute atomic E-state index is 0.373. The number of halogens is 1. The van der Waals surface area contributed by atoms with Crippen molar-refractivity contribution in [1.82, 2.24) is 9.97 Å². The van der Waals surface area contributed by atoms with Crippen molar-refractivity contribution in [2.75, 3.05) is 0 Å². The third kappa shape index (κ3) is 2.03. The Hall–Kier alpha value is -1.32. The van der Waals surface area contributed by atoms with Gasteiger partial charge >= 0.3 is 0 Å². The number of benzene rings is 1. The van der Waals surface area contributed by atoms with Crippen LogP contribution in [0.1, 0.15) is 11.3 Å². The number of hydrogen-bond acceptors (Lipinski definition) is 2. The Morgan fingerprint density at radius 1 is 1.33 bits per heavy atom. The molecule has 0 bridgehead atoms. The van der Waals surface area contributed by atoms with E-state index in [-0.39, 0.29) is 0 Å². The summed E-state index contributed by atoms with van der Waals surface area (Å²) in [6.07, 6.45) is 0. The van der Waals surface area contributed by atoms with E-state index >= 15 is 0 Å². The first kappa shape index (κ1) is 10.2. The average Bonchev–Trinajstić information content (AvgIpc) is 2.61. The van der Waals surface area contributed by atoms with Crippen LogP contribution in [0, 0.1) is 6.92 Å². The van der Waals surface area contributed by atoms with E-state index in [0.29, 0.717) is 11.7 Å². The maximum absolute atomic E-state index is 5.90. The lowest BCUT2D eigenvalue weighted by molar-refractivity contribution is 1.01. The summed E-state index contributed by atoms with van der Waals surface area (Å²) in [6.45, 7) is 2.42. The van der Waals surface area contributed by atoms with Gasteiger partial charge in [-0.25, -0.2) is 4.98 Å². The lowest BCUT2D eigenvalue weighted by atomic mass is 10.1. The quantitative estimate of drug-likeness (QED) is 0.819. The lowest BCUT2D eigenvalue weighted by Gasteiger charge is -1.96. The fourth-order valence-electron chi connectivity index (χ4n) is 1.37. The average molecular weight is 222 g/mol. The van der Waals surface area contributed by atoms with Crippen molar-refractivity contribution in [3.63, 3.8) is 0 Å². The van der Waals surface area contributed by atoms with Gasteiger partial charge < -0.3 is 10.7 Å². The molecular weight excluding hydrogens is 210 g/mol. The summed E-state index contributed by atoms with van der Waals surface area (Å²) in [5.74, 6) is 0.764. The molecule has 3 nitrogen and oxygen atoms in total. The third-order valence-corrected chi connectivity index (χ3v) is 2.57. The van der Waals surface area contributed by atoms with Gasteiger partial charge in [-0.05, 0) is 6.92 Å². The molecule has 0 atom stereocenters. The molecule has 15 heavy (non-hydrogen) atoms. The van der Waals surface area contributed by atoms with Crippen LogP contribution in [0.4, 0.5) is 0 Å². The minimum Gasteiger partial charge on any atom is -0.339 e. The first-order chi connectivity index (χ1) is 7.20. The molecule has 2 aromatic rings. The molecular formula is C11H12ClN3. The lowest BCUT2D eigenvalue weighted by Crippen LogP contribution is -1.96. The van der Waals surface area contributed by atoms with Crippen molar-refractivity contribution in [2.24, 2.45) is 5.73 Å². The van der Waals surface area contributed by atoms with E-state index in [4.69, 9.17) is 17.3 Å². The molecule has 0 aliphatic carbocycles. The molecule has 3 N–H and O–H groups in total. The van der Waals surface area contributed by atoms with Crippen molar-refractivity contribution in [1.29, 1.82) is 0 Å². The summed E-state index contributed by atoms with van der Waals surface area (Å²) in [5, 5.41) is 0.452. The van der Waals surface area contributed by atoms with Gasteiger partial charge in [0, 0.05) is 12.1 Å². The van der Waals surface area contributed by atoms with Crippen LogP contribution in [0.25, 0.3) is 11.4 Å². The number of aromatic amines is 1. The highest BCUT2D eigenvalue weighted by Crippen LogP contribution is 2.21. The van der Waals surface area contributed by atoms with Gasteiger partial charge in [0.05, 0.1) is 5.69 Å². The summed E-state index contributed by atoms with van der Waals surface area (Å²) < 4.78 is 0. The predicted octanol–water partition coefficient (Wildman–Crippen LogP) is 2.50. The molecule has 4 heteroatoms. The number of hydrogen-bond donors (Lipinski definition) is 2. The van der Waals surface area contributed by atoms with Gasteiger partial charge in [0.1, 0.15) is 5.82 Å². The van der Waals surface area contributed by atoms with Crippen LogP contribution in [0.15, 0.2) is 24.3 Å². The van der Waals surface area contributed by atoms with Crippen molar-refractivity contribution < 1.29 is 0 Å². The number of imidazole rings is 1. The normalized spacial score (nSPS) is 10.6. The molecule has 1 aromatic carbocycles. The van der Waals surface area contributed by atoms with E-state index in [1.807, 2.05) is 31.2 Å². The Morgan fingerprint density at radius 3 is 2.53 bits per heavy atom. The van der Waals surface area contributed by atoms with E-state index in [9.17, 15) is 0 Å². The molecule has 0 unspecified atom stereocenters. The van der Waals surface area contributed by atoms with Crippen LogP contribution in [-0.4, -0.2) is 9.97 Å². The van der Waals surface area contributed by atoms with Gasteiger partial charge in [0.15, 0.2) is 5.15 Å². The fraction of sp³-hybridized carbons (Fsp3) is 0.182. The first-order valence-electron chi connectivity index (χ1n) is 4.72. The Balaban J connectivity index is 2.41. The van der Waals surface area contributed by atoms with Crippen LogP contribution in [0.5, 0.6) is 0 Å². The van der Waals surface area contributed by atoms with Gasteiger partial charge in [0.2, 0.25) is 0 Å². The second kappa shape index (κ2) is 4.04. The maximum Gasteiger partial charge on any atom is 0.152 e. The van der Waals surface area contributed by atoms with Crippen LogP contribution in [-0.2, 0) is 6.54 Å². The third-order valence-electron chi connectivity index (χ3n) is 2.26. The summed E-state index contributed by atoms with van der Waals surface area (Å²) in [5.41, 5.74) is 8.52. The summed E-state index contributed by atoms with van der Waals surface area (Å²) >= 11 is 5.90. The van der Waals surface area contributed by atoms with Crippen LogP contribution < -0.4 is 5.73 Å². The smallest absolute Gasteiger partial charge is 0.152 e. The summed E-state index contributed by atoms with van der Waals surface area (Å²) in [4.78, 5) is 7.31. The van der Waals surface area contributed by atoms with E-state index in [1.165, 1.54) is 5.56 Å². The van der Waals surface area contributed by atoms with Crippen molar-refractivity contribution >= 4 is 11.6 Å². The standard InChI is InChI=1S/C11H12ClN3/c1-7-2-4-8(5-3-7)11-14-9(6-13)10(12)15-11/h2-5H,6,13H2,1H3,(H,14,15).